The van der Waals surface area contributed by atoms with E-state index in [1.54, 1.807) is 12.1 Å². The van der Waals surface area contributed by atoms with Gasteiger partial charge in [0.2, 0.25) is 0 Å². The van der Waals surface area contributed by atoms with E-state index in [9.17, 15) is 18.3 Å². The molecule has 0 heterocycles. The molecule has 0 bridgehead atoms. The van der Waals surface area contributed by atoms with Crippen LogP contribution in [0.25, 0.3) is 0 Å². The van der Waals surface area contributed by atoms with Gasteiger partial charge in [0.05, 0.1) is 0 Å². The van der Waals surface area contributed by atoms with Gasteiger partial charge in [-0.05, 0) is 42.9 Å². The lowest BCUT2D eigenvalue weighted by Crippen LogP contribution is -2.39. The number of hydrogen-bond donors (Lipinski definition) is 2. The molecule has 2 N–H and O–H groups in total. The highest BCUT2D eigenvalue weighted by molar-refractivity contribution is 5.27. The van der Waals surface area contributed by atoms with Gasteiger partial charge >= 0.3 is 6.36 Å². The SMILES string of the molecule is OCC(CNC1CCC1)Cc1ccc(OC(F)(F)F)cc1. The van der Waals surface area contributed by atoms with Crippen molar-refractivity contribution in [2.45, 2.75) is 38.1 Å². The predicted molar refractivity (Wildman–Crippen MR) is 73.0 cm³/mol. The van der Waals surface area contributed by atoms with E-state index in [4.69, 9.17) is 0 Å². The molecule has 1 aromatic carbocycles. The van der Waals surface area contributed by atoms with Crippen molar-refractivity contribution < 1.29 is 23.0 Å². The molecule has 21 heavy (non-hydrogen) atoms. The molecule has 1 aromatic rings. The van der Waals surface area contributed by atoms with Crippen molar-refractivity contribution in [3.05, 3.63) is 29.8 Å². The number of aliphatic hydroxyl groups is 1. The Hall–Kier alpha value is -1.27. The number of ether oxygens (including phenoxy) is 1. The second-order valence-corrected chi connectivity index (χ2v) is 5.48. The van der Waals surface area contributed by atoms with Crippen molar-refractivity contribution in [3.63, 3.8) is 0 Å². The van der Waals surface area contributed by atoms with Gasteiger partial charge in [0, 0.05) is 19.2 Å². The molecule has 3 nitrogen and oxygen atoms in total. The Morgan fingerprint density at radius 1 is 1.24 bits per heavy atom. The zero-order chi connectivity index (χ0) is 15.3. The molecule has 1 aliphatic carbocycles. The fourth-order valence-corrected chi connectivity index (χ4v) is 2.31. The summed E-state index contributed by atoms with van der Waals surface area (Å²) in [5.41, 5.74) is 0.888. The van der Waals surface area contributed by atoms with E-state index in [1.165, 1.54) is 31.4 Å². The lowest BCUT2D eigenvalue weighted by Gasteiger charge is -2.28. The minimum absolute atomic E-state index is 0.0561. The second kappa shape index (κ2) is 7.13. The van der Waals surface area contributed by atoms with Crippen molar-refractivity contribution in [1.82, 2.24) is 5.32 Å². The number of aliphatic hydroxyl groups excluding tert-OH is 1. The van der Waals surface area contributed by atoms with E-state index in [0.717, 1.165) is 12.1 Å². The Morgan fingerprint density at radius 2 is 1.90 bits per heavy atom. The molecule has 0 aromatic heterocycles. The van der Waals surface area contributed by atoms with Crippen LogP contribution in [0.1, 0.15) is 24.8 Å². The lowest BCUT2D eigenvalue weighted by molar-refractivity contribution is -0.274. The van der Waals surface area contributed by atoms with Gasteiger partial charge in [0.15, 0.2) is 0 Å². The summed E-state index contributed by atoms with van der Waals surface area (Å²) >= 11 is 0. The monoisotopic (exact) mass is 303 g/mol. The van der Waals surface area contributed by atoms with Crippen molar-refractivity contribution in [3.8, 4) is 5.75 Å². The van der Waals surface area contributed by atoms with Crippen LogP contribution in [-0.4, -0.2) is 30.7 Å². The minimum atomic E-state index is -4.66. The summed E-state index contributed by atoms with van der Waals surface area (Å²) in [6.45, 7) is 0.780. The van der Waals surface area contributed by atoms with Gasteiger partial charge in [0.1, 0.15) is 5.75 Å². The van der Waals surface area contributed by atoms with Crippen LogP contribution < -0.4 is 10.1 Å². The molecular formula is C15H20F3NO2. The van der Waals surface area contributed by atoms with Gasteiger partial charge < -0.3 is 15.2 Å². The highest BCUT2D eigenvalue weighted by Crippen LogP contribution is 2.23. The Labute approximate surface area is 122 Å². The van der Waals surface area contributed by atoms with Crippen LogP contribution >= 0.6 is 0 Å². The molecule has 0 spiro atoms. The van der Waals surface area contributed by atoms with E-state index >= 15 is 0 Å². The van der Waals surface area contributed by atoms with Crippen LogP contribution in [0.3, 0.4) is 0 Å². The summed E-state index contributed by atoms with van der Waals surface area (Å²) in [5.74, 6) is -0.153. The van der Waals surface area contributed by atoms with E-state index < -0.39 is 6.36 Å². The third kappa shape index (κ3) is 5.55. The standard InChI is InChI=1S/C15H20F3NO2/c16-15(17,18)21-14-6-4-11(5-7-14)8-12(10-20)9-19-13-2-1-3-13/h4-7,12-13,19-20H,1-3,8-10H2. The minimum Gasteiger partial charge on any atom is -0.406 e. The van der Waals surface area contributed by atoms with Crippen LogP contribution in [0, 0.1) is 5.92 Å². The zero-order valence-corrected chi connectivity index (χ0v) is 11.7. The first-order valence-electron chi connectivity index (χ1n) is 7.15. The smallest absolute Gasteiger partial charge is 0.406 e. The molecule has 1 atom stereocenters. The van der Waals surface area contributed by atoms with Gasteiger partial charge in [-0.2, -0.15) is 0 Å². The van der Waals surface area contributed by atoms with E-state index in [-0.39, 0.29) is 18.3 Å². The highest BCUT2D eigenvalue weighted by Gasteiger charge is 2.31. The molecule has 1 saturated carbocycles. The molecule has 1 fully saturated rings. The fourth-order valence-electron chi connectivity index (χ4n) is 2.31. The maximum Gasteiger partial charge on any atom is 0.573 e. The van der Waals surface area contributed by atoms with Gasteiger partial charge in [-0.15, -0.1) is 13.2 Å². The molecule has 0 aliphatic heterocycles. The van der Waals surface area contributed by atoms with E-state index in [2.05, 4.69) is 10.1 Å². The molecule has 118 valence electrons. The number of hydrogen-bond acceptors (Lipinski definition) is 3. The Morgan fingerprint density at radius 3 is 2.38 bits per heavy atom. The average molecular weight is 303 g/mol. The first-order chi connectivity index (χ1) is 9.96. The van der Waals surface area contributed by atoms with E-state index in [1.807, 2.05) is 0 Å². The van der Waals surface area contributed by atoms with Crippen molar-refractivity contribution in [2.75, 3.05) is 13.2 Å². The Bertz CT molecular complexity index is 430. The van der Waals surface area contributed by atoms with Crippen molar-refractivity contribution >= 4 is 0 Å². The summed E-state index contributed by atoms with van der Waals surface area (Å²) in [7, 11) is 0. The number of nitrogens with one attached hydrogen (secondary N) is 1. The first-order valence-corrected chi connectivity index (χ1v) is 7.15. The van der Waals surface area contributed by atoms with Crippen molar-refractivity contribution in [1.29, 1.82) is 0 Å². The van der Waals surface area contributed by atoms with Crippen LogP contribution in [0.5, 0.6) is 5.75 Å². The summed E-state index contributed by atoms with van der Waals surface area (Å²) in [6, 6.07) is 6.37. The van der Waals surface area contributed by atoms with Gasteiger partial charge in [0.25, 0.3) is 0 Å². The Balaban J connectivity index is 1.82. The highest BCUT2D eigenvalue weighted by atomic mass is 19.4. The third-order valence-corrected chi connectivity index (χ3v) is 3.74. The van der Waals surface area contributed by atoms with Gasteiger partial charge in [-0.1, -0.05) is 18.6 Å². The summed E-state index contributed by atoms with van der Waals surface area (Å²) in [4.78, 5) is 0. The largest absolute Gasteiger partial charge is 0.573 e. The van der Waals surface area contributed by atoms with E-state index in [0.29, 0.717) is 12.5 Å². The number of benzene rings is 1. The average Bonchev–Trinajstić information content (AvgIpc) is 2.36. The summed E-state index contributed by atoms with van der Waals surface area (Å²) in [6.07, 6.45) is -0.421. The maximum atomic E-state index is 12.1. The van der Waals surface area contributed by atoms with Crippen LogP contribution in [0.4, 0.5) is 13.2 Å². The summed E-state index contributed by atoms with van der Waals surface area (Å²) < 4.78 is 40.0. The topological polar surface area (TPSA) is 41.5 Å². The normalized spacial score (nSPS) is 17.3. The predicted octanol–water partition coefficient (Wildman–Crippen LogP) is 2.88. The molecule has 0 amide bonds. The lowest BCUT2D eigenvalue weighted by atomic mass is 9.92. The first kappa shape index (κ1) is 16.1. The van der Waals surface area contributed by atoms with Gasteiger partial charge in [-0.3, -0.25) is 0 Å². The molecular weight excluding hydrogens is 283 g/mol. The molecule has 0 saturated heterocycles. The zero-order valence-electron chi connectivity index (χ0n) is 11.7. The van der Waals surface area contributed by atoms with Crippen LogP contribution in [-0.2, 0) is 6.42 Å². The number of alkyl halides is 3. The third-order valence-electron chi connectivity index (χ3n) is 3.74. The number of halogens is 3. The molecule has 1 unspecified atom stereocenters. The quantitative estimate of drug-likeness (QED) is 0.814. The number of rotatable bonds is 7. The maximum absolute atomic E-state index is 12.1. The second-order valence-electron chi connectivity index (χ2n) is 5.48. The van der Waals surface area contributed by atoms with Crippen LogP contribution in [0.2, 0.25) is 0 Å². The fraction of sp³-hybridized carbons (Fsp3) is 0.600. The van der Waals surface area contributed by atoms with Gasteiger partial charge in [-0.25, -0.2) is 0 Å². The van der Waals surface area contributed by atoms with Crippen LogP contribution in [0.15, 0.2) is 24.3 Å². The summed E-state index contributed by atoms with van der Waals surface area (Å²) in [5, 5.41) is 12.8. The molecule has 0 radical (unpaired) electrons. The van der Waals surface area contributed by atoms with Crippen molar-refractivity contribution in [2.24, 2.45) is 5.92 Å². The molecule has 1 aliphatic rings. The molecule has 2 rings (SSSR count). The molecule has 6 heteroatoms. The Kier molecular flexibility index (Phi) is 5.47.